The fraction of sp³-hybridized carbons (Fsp3) is 0.308. The molecule has 1 aromatic heterocycles. The van der Waals surface area contributed by atoms with Crippen LogP contribution >= 0.6 is 23.2 Å². The standard InChI is InChI=1S/C13H13Cl2N/c1-3-4-9-7-10-8(2)5-6-11(14)12(10)16-13(9)15/h5-7H,3-4H2,1-2H3. The summed E-state index contributed by atoms with van der Waals surface area (Å²) in [6.07, 6.45) is 2.01. The second-order valence-electron chi connectivity index (χ2n) is 3.95. The van der Waals surface area contributed by atoms with E-state index < -0.39 is 0 Å². The number of benzene rings is 1. The first-order valence-corrected chi connectivity index (χ1v) is 6.13. The van der Waals surface area contributed by atoms with E-state index in [0.29, 0.717) is 10.2 Å². The molecule has 3 heteroatoms. The third kappa shape index (κ3) is 2.02. The van der Waals surface area contributed by atoms with E-state index in [9.17, 15) is 0 Å². The monoisotopic (exact) mass is 253 g/mol. The molecule has 0 saturated carbocycles. The molecule has 0 amide bonds. The normalized spacial score (nSPS) is 11.0. The van der Waals surface area contributed by atoms with Crippen molar-refractivity contribution in [3.8, 4) is 0 Å². The van der Waals surface area contributed by atoms with E-state index in [4.69, 9.17) is 23.2 Å². The van der Waals surface area contributed by atoms with Gasteiger partial charge in [0.25, 0.3) is 0 Å². The van der Waals surface area contributed by atoms with Crippen LogP contribution in [0.1, 0.15) is 24.5 Å². The van der Waals surface area contributed by atoms with Crippen molar-refractivity contribution in [1.82, 2.24) is 4.98 Å². The van der Waals surface area contributed by atoms with Crippen LogP contribution in [0, 0.1) is 6.92 Å². The fourth-order valence-corrected chi connectivity index (χ4v) is 2.27. The van der Waals surface area contributed by atoms with Gasteiger partial charge in [0.1, 0.15) is 5.15 Å². The highest BCUT2D eigenvalue weighted by Crippen LogP contribution is 2.28. The quantitative estimate of drug-likeness (QED) is 0.701. The minimum Gasteiger partial charge on any atom is -0.234 e. The van der Waals surface area contributed by atoms with Crippen LogP contribution in [0.2, 0.25) is 10.2 Å². The lowest BCUT2D eigenvalue weighted by molar-refractivity contribution is 0.917. The van der Waals surface area contributed by atoms with Crippen LogP contribution < -0.4 is 0 Å². The predicted molar refractivity (Wildman–Crippen MR) is 70.5 cm³/mol. The molecule has 1 aromatic carbocycles. The van der Waals surface area contributed by atoms with Crippen LogP contribution in [0.3, 0.4) is 0 Å². The van der Waals surface area contributed by atoms with Gasteiger partial charge in [-0.15, -0.1) is 0 Å². The van der Waals surface area contributed by atoms with E-state index in [1.165, 1.54) is 5.56 Å². The molecule has 0 spiro atoms. The topological polar surface area (TPSA) is 12.9 Å². The number of pyridine rings is 1. The highest BCUT2D eigenvalue weighted by molar-refractivity contribution is 6.36. The smallest absolute Gasteiger partial charge is 0.133 e. The first-order chi connectivity index (χ1) is 7.63. The summed E-state index contributed by atoms with van der Waals surface area (Å²) in [4.78, 5) is 4.39. The summed E-state index contributed by atoms with van der Waals surface area (Å²) in [5.41, 5.74) is 3.08. The highest BCUT2D eigenvalue weighted by atomic mass is 35.5. The molecule has 0 aliphatic heterocycles. The number of rotatable bonds is 2. The van der Waals surface area contributed by atoms with E-state index in [1.807, 2.05) is 12.1 Å². The van der Waals surface area contributed by atoms with Gasteiger partial charge in [-0.2, -0.15) is 0 Å². The van der Waals surface area contributed by atoms with E-state index in [-0.39, 0.29) is 0 Å². The second-order valence-corrected chi connectivity index (χ2v) is 4.71. The van der Waals surface area contributed by atoms with Gasteiger partial charge in [0, 0.05) is 5.39 Å². The third-order valence-corrected chi connectivity index (χ3v) is 3.33. The lowest BCUT2D eigenvalue weighted by Crippen LogP contribution is -1.92. The molecule has 1 heterocycles. The SMILES string of the molecule is CCCc1cc2c(C)ccc(Cl)c2nc1Cl. The van der Waals surface area contributed by atoms with Crippen molar-refractivity contribution < 1.29 is 0 Å². The van der Waals surface area contributed by atoms with E-state index >= 15 is 0 Å². The molecule has 0 bridgehead atoms. The molecule has 2 rings (SSSR count). The van der Waals surface area contributed by atoms with Crippen LogP contribution in [-0.2, 0) is 6.42 Å². The highest BCUT2D eigenvalue weighted by Gasteiger charge is 2.08. The van der Waals surface area contributed by atoms with Gasteiger partial charge in [0.15, 0.2) is 0 Å². The average Bonchev–Trinajstić information content (AvgIpc) is 2.26. The molecular weight excluding hydrogens is 241 g/mol. The largest absolute Gasteiger partial charge is 0.234 e. The lowest BCUT2D eigenvalue weighted by Gasteiger charge is -2.08. The number of aromatic nitrogens is 1. The van der Waals surface area contributed by atoms with Crippen molar-refractivity contribution >= 4 is 34.1 Å². The van der Waals surface area contributed by atoms with Crippen molar-refractivity contribution in [3.05, 3.63) is 39.5 Å². The maximum atomic E-state index is 6.14. The lowest BCUT2D eigenvalue weighted by atomic mass is 10.1. The minimum atomic E-state index is 0.571. The first kappa shape index (κ1) is 11.7. The van der Waals surface area contributed by atoms with Crippen molar-refractivity contribution in [2.24, 2.45) is 0 Å². The van der Waals surface area contributed by atoms with Crippen molar-refractivity contribution in [2.45, 2.75) is 26.7 Å². The summed E-state index contributed by atoms with van der Waals surface area (Å²) in [6, 6.07) is 5.98. The Labute approximate surface area is 105 Å². The molecule has 0 atom stereocenters. The van der Waals surface area contributed by atoms with Crippen LogP contribution in [0.4, 0.5) is 0 Å². The summed E-state index contributed by atoms with van der Waals surface area (Å²) in [6.45, 7) is 4.19. The van der Waals surface area contributed by atoms with E-state index in [0.717, 1.165) is 29.3 Å². The molecular formula is C13H13Cl2N. The Kier molecular flexibility index (Phi) is 3.36. The van der Waals surface area contributed by atoms with Gasteiger partial charge in [0.05, 0.1) is 10.5 Å². The Morgan fingerprint density at radius 3 is 2.69 bits per heavy atom. The van der Waals surface area contributed by atoms with Gasteiger partial charge in [-0.25, -0.2) is 4.98 Å². The third-order valence-electron chi connectivity index (χ3n) is 2.70. The molecule has 0 unspecified atom stereocenters. The van der Waals surface area contributed by atoms with Gasteiger partial charge in [-0.05, 0) is 36.6 Å². The Hall–Kier alpha value is -0.790. The maximum absolute atomic E-state index is 6.14. The fourth-order valence-electron chi connectivity index (χ4n) is 1.83. The summed E-state index contributed by atoms with van der Waals surface area (Å²) >= 11 is 12.2. The van der Waals surface area contributed by atoms with Crippen molar-refractivity contribution in [3.63, 3.8) is 0 Å². The molecule has 0 aliphatic rings. The molecule has 0 fully saturated rings. The number of aryl methyl sites for hydroxylation is 2. The van der Waals surface area contributed by atoms with Crippen LogP contribution in [0.15, 0.2) is 18.2 Å². The molecule has 1 nitrogen and oxygen atoms in total. The minimum absolute atomic E-state index is 0.571. The number of halogens is 2. The molecule has 84 valence electrons. The van der Waals surface area contributed by atoms with Crippen LogP contribution in [-0.4, -0.2) is 4.98 Å². The zero-order valence-corrected chi connectivity index (χ0v) is 10.9. The summed E-state index contributed by atoms with van der Waals surface area (Å²) in [7, 11) is 0. The molecule has 0 radical (unpaired) electrons. The molecule has 16 heavy (non-hydrogen) atoms. The zero-order valence-electron chi connectivity index (χ0n) is 9.35. The van der Waals surface area contributed by atoms with Crippen molar-refractivity contribution in [1.29, 1.82) is 0 Å². The summed E-state index contributed by atoms with van der Waals surface area (Å²) < 4.78 is 0. The molecule has 2 aromatic rings. The Morgan fingerprint density at radius 2 is 2.00 bits per heavy atom. The van der Waals surface area contributed by atoms with Crippen LogP contribution in [0.25, 0.3) is 10.9 Å². The van der Waals surface area contributed by atoms with Gasteiger partial charge < -0.3 is 0 Å². The maximum Gasteiger partial charge on any atom is 0.133 e. The molecule has 0 aliphatic carbocycles. The molecule has 0 saturated heterocycles. The van der Waals surface area contributed by atoms with Gasteiger partial charge in [-0.3, -0.25) is 0 Å². The van der Waals surface area contributed by atoms with Gasteiger partial charge >= 0.3 is 0 Å². The first-order valence-electron chi connectivity index (χ1n) is 5.37. The average molecular weight is 254 g/mol. The summed E-state index contributed by atoms with van der Waals surface area (Å²) in [5.74, 6) is 0. The second kappa shape index (κ2) is 4.60. The Bertz CT molecular complexity index is 535. The molecule has 0 N–H and O–H groups in total. The summed E-state index contributed by atoms with van der Waals surface area (Å²) in [5, 5.41) is 2.33. The Morgan fingerprint density at radius 1 is 1.25 bits per heavy atom. The predicted octanol–water partition coefficient (Wildman–Crippen LogP) is 4.80. The van der Waals surface area contributed by atoms with Gasteiger partial charge in [0.2, 0.25) is 0 Å². The number of fused-ring (bicyclic) bond motifs is 1. The zero-order chi connectivity index (χ0) is 11.7. The van der Waals surface area contributed by atoms with E-state index in [2.05, 4.69) is 24.9 Å². The number of hydrogen-bond acceptors (Lipinski definition) is 1. The van der Waals surface area contributed by atoms with E-state index in [1.54, 1.807) is 0 Å². The van der Waals surface area contributed by atoms with Gasteiger partial charge in [-0.1, -0.05) is 42.6 Å². The Balaban J connectivity index is 2.73. The number of nitrogens with zero attached hydrogens (tertiary/aromatic N) is 1. The number of hydrogen-bond donors (Lipinski definition) is 0. The van der Waals surface area contributed by atoms with Crippen molar-refractivity contribution in [2.75, 3.05) is 0 Å². The van der Waals surface area contributed by atoms with Crippen LogP contribution in [0.5, 0.6) is 0 Å².